The molecule has 0 spiro atoms. The lowest BCUT2D eigenvalue weighted by molar-refractivity contribution is -0.114. The monoisotopic (exact) mass is 478 g/mol. The molecule has 0 radical (unpaired) electrons. The van der Waals surface area contributed by atoms with Crippen LogP contribution in [-0.2, 0) is 22.5 Å². The predicted octanol–water partition coefficient (Wildman–Crippen LogP) is 5.60. The lowest BCUT2D eigenvalue weighted by Crippen LogP contribution is -2.37. The van der Waals surface area contributed by atoms with Crippen LogP contribution in [0.4, 0.5) is 9.18 Å². The zero-order chi connectivity index (χ0) is 25.4. The normalized spacial score (nSPS) is 13.7. The number of carbonyl (C=O) groups excluding carboxylic acids is 2. The fourth-order valence-corrected chi connectivity index (χ4v) is 3.44. The van der Waals surface area contributed by atoms with Gasteiger partial charge in [-0.05, 0) is 62.9 Å². The topological polar surface area (TPSA) is 81.9 Å². The van der Waals surface area contributed by atoms with Crippen LogP contribution in [0.3, 0.4) is 0 Å². The van der Waals surface area contributed by atoms with Gasteiger partial charge in [0.2, 0.25) is 5.91 Å². The number of nitrogens with two attached hydrogens (primary N) is 1. The number of carbonyl (C=O) groups is 2. The zero-order valence-electron chi connectivity index (χ0n) is 20.3. The van der Waals surface area contributed by atoms with Crippen molar-refractivity contribution in [1.29, 1.82) is 0 Å². The van der Waals surface area contributed by atoms with E-state index >= 15 is 0 Å². The van der Waals surface area contributed by atoms with E-state index in [1.54, 1.807) is 17.0 Å². The molecular weight excluding hydrogens is 447 g/mol. The van der Waals surface area contributed by atoms with Gasteiger partial charge in [0.25, 0.3) is 0 Å². The Morgan fingerprint density at radius 3 is 2.34 bits per heavy atom. The van der Waals surface area contributed by atoms with Crippen LogP contribution < -0.4 is 10.5 Å². The molecule has 35 heavy (non-hydrogen) atoms. The second-order valence-corrected chi connectivity index (χ2v) is 9.23. The lowest BCUT2D eigenvalue weighted by atomic mass is 10.1. The SMILES string of the molecule is CC(C)(C)OC(=O)N(CCc1ccc(OC2=C(C(N)=O)CC=CC(F)=C2)cc1)Cc1ccccc1. The molecule has 0 atom stereocenters. The fourth-order valence-electron chi connectivity index (χ4n) is 3.44. The van der Waals surface area contributed by atoms with Crippen LogP contribution >= 0.6 is 0 Å². The number of amides is 2. The van der Waals surface area contributed by atoms with Gasteiger partial charge in [-0.1, -0.05) is 48.5 Å². The number of hydrogen-bond donors (Lipinski definition) is 1. The summed E-state index contributed by atoms with van der Waals surface area (Å²) in [4.78, 5) is 26.2. The minimum absolute atomic E-state index is 0.0895. The average Bonchev–Trinajstić information content (AvgIpc) is 2.98. The molecule has 0 heterocycles. The number of primary amides is 1. The van der Waals surface area contributed by atoms with Gasteiger partial charge >= 0.3 is 6.09 Å². The number of ether oxygens (including phenoxy) is 2. The Morgan fingerprint density at radius 2 is 1.71 bits per heavy atom. The quantitative estimate of drug-likeness (QED) is 0.536. The third-order valence-electron chi connectivity index (χ3n) is 5.15. The van der Waals surface area contributed by atoms with Crippen LogP contribution in [-0.4, -0.2) is 29.0 Å². The maximum Gasteiger partial charge on any atom is 0.410 e. The molecule has 7 heteroatoms. The van der Waals surface area contributed by atoms with E-state index in [-0.39, 0.29) is 23.8 Å². The first-order valence-electron chi connectivity index (χ1n) is 11.5. The van der Waals surface area contributed by atoms with Crippen LogP contribution in [0.15, 0.2) is 90.0 Å². The molecule has 1 aliphatic rings. The molecule has 2 amide bonds. The molecule has 6 nitrogen and oxygen atoms in total. The summed E-state index contributed by atoms with van der Waals surface area (Å²) in [6.45, 7) is 6.42. The Balaban J connectivity index is 1.69. The molecule has 0 saturated heterocycles. The van der Waals surface area contributed by atoms with Crippen molar-refractivity contribution in [2.24, 2.45) is 5.73 Å². The Kier molecular flexibility index (Phi) is 8.47. The maximum atomic E-state index is 13.9. The standard InChI is InChI=1S/C28H31FN2O4/c1-28(2,3)35-27(33)31(19-21-8-5-4-6-9-21)17-16-20-12-14-23(15-13-20)34-25-18-22(29)10-7-11-24(25)26(30)32/h4-10,12-15,18H,11,16-17,19H2,1-3H3,(H2,30,32). The summed E-state index contributed by atoms with van der Waals surface area (Å²) in [6.07, 6.45) is 4.36. The molecule has 2 N–H and O–H groups in total. The van der Waals surface area contributed by atoms with E-state index in [0.29, 0.717) is 25.3 Å². The fraction of sp³-hybridized carbons (Fsp3) is 0.286. The summed E-state index contributed by atoms with van der Waals surface area (Å²) in [5.74, 6) is -0.644. The Morgan fingerprint density at radius 1 is 1.03 bits per heavy atom. The van der Waals surface area contributed by atoms with Crippen molar-refractivity contribution in [3.05, 3.63) is 101 Å². The van der Waals surface area contributed by atoms with Crippen molar-refractivity contribution in [3.63, 3.8) is 0 Å². The van der Waals surface area contributed by atoms with E-state index in [9.17, 15) is 14.0 Å². The highest BCUT2D eigenvalue weighted by Gasteiger charge is 2.22. The minimum Gasteiger partial charge on any atom is -0.457 e. The molecule has 0 saturated carbocycles. The van der Waals surface area contributed by atoms with E-state index in [2.05, 4.69) is 0 Å². The van der Waals surface area contributed by atoms with E-state index in [1.165, 1.54) is 12.2 Å². The molecule has 0 bridgehead atoms. The maximum absolute atomic E-state index is 13.9. The first-order valence-corrected chi connectivity index (χ1v) is 11.5. The first-order chi connectivity index (χ1) is 16.6. The van der Waals surface area contributed by atoms with Crippen LogP contribution in [0.2, 0.25) is 0 Å². The third-order valence-corrected chi connectivity index (χ3v) is 5.15. The van der Waals surface area contributed by atoms with E-state index < -0.39 is 17.3 Å². The highest BCUT2D eigenvalue weighted by Crippen LogP contribution is 2.24. The van der Waals surface area contributed by atoms with Gasteiger partial charge < -0.3 is 20.1 Å². The molecule has 0 unspecified atom stereocenters. The predicted molar refractivity (Wildman–Crippen MR) is 133 cm³/mol. The summed E-state index contributed by atoms with van der Waals surface area (Å²) in [6, 6.07) is 17.0. The van der Waals surface area contributed by atoms with Gasteiger partial charge in [0, 0.05) is 19.2 Å². The molecule has 184 valence electrons. The van der Waals surface area contributed by atoms with Crippen molar-refractivity contribution in [2.45, 2.75) is 45.8 Å². The summed E-state index contributed by atoms with van der Waals surface area (Å²) in [5.41, 5.74) is 7.03. The van der Waals surface area contributed by atoms with Crippen LogP contribution in [0.25, 0.3) is 0 Å². The second kappa shape index (κ2) is 11.5. The second-order valence-electron chi connectivity index (χ2n) is 9.23. The number of allylic oxidation sites excluding steroid dienone is 4. The molecule has 2 aromatic rings. The highest BCUT2D eigenvalue weighted by molar-refractivity contribution is 5.93. The van der Waals surface area contributed by atoms with Gasteiger partial charge in [0.15, 0.2) is 0 Å². The smallest absolute Gasteiger partial charge is 0.410 e. The van der Waals surface area contributed by atoms with Gasteiger partial charge in [-0.25, -0.2) is 9.18 Å². The van der Waals surface area contributed by atoms with Gasteiger partial charge in [0.05, 0.1) is 5.57 Å². The molecule has 0 aromatic heterocycles. The summed E-state index contributed by atoms with van der Waals surface area (Å²) in [5, 5.41) is 0. The van der Waals surface area contributed by atoms with Crippen molar-refractivity contribution >= 4 is 12.0 Å². The molecule has 1 aliphatic carbocycles. The number of halogens is 1. The molecule has 0 aliphatic heterocycles. The van der Waals surface area contributed by atoms with Crippen LogP contribution in [0, 0.1) is 0 Å². The van der Waals surface area contributed by atoms with E-state index in [0.717, 1.165) is 17.2 Å². The Bertz CT molecular complexity index is 1130. The summed E-state index contributed by atoms with van der Waals surface area (Å²) in [7, 11) is 0. The van der Waals surface area contributed by atoms with Crippen molar-refractivity contribution in [1.82, 2.24) is 4.90 Å². The number of nitrogens with zero attached hydrogens (tertiary/aromatic N) is 1. The first kappa shape index (κ1) is 25.7. The van der Waals surface area contributed by atoms with Gasteiger partial charge in [0.1, 0.15) is 22.9 Å². The molecule has 0 fully saturated rings. The van der Waals surface area contributed by atoms with Gasteiger partial charge in [-0.3, -0.25) is 4.79 Å². The Hall–Kier alpha value is -3.87. The number of rotatable bonds is 8. The number of benzene rings is 2. The molecular formula is C28H31FN2O4. The van der Waals surface area contributed by atoms with E-state index in [4.69, 9.17) is 15.2 Å². The highest BCUT2D eigenvalue weighted by atomic mass is 19.1. The van der Waals surface area contributed by atoms with Gasteiger partial charge in [-0.2, -0.15) is 0 Å². The summed E-state index contributed by atoms with van der Waals surface area (Å²) < 4.78 is 25.2. The average molecular weight is 479 g/mol. The largest absolute Gasteiger partial charge is 0.457 e. The zero-order valence-corrected chi connectivity index (χ0v) is 20.3. The van der Waals surface area contributed by atoms with Crippen molar-refractivity contribution < 1.29 is 23.5 Å². The number of hydrogen-bond acceptors (Lipinski definition) is 4. The van der Waals surface area contributed by atoms with Crippen LogP contribution in [0.5, 0.6) is 5.75 Å². The van der Waals surface area contributed by atoms with E-state index in [1.807, 2.05) is 63.2 Å². The Labute approximate surface area is 205 Å². The lowest BCUT2D eigenvalue weighted by Gasteiger charge is -2.27. The molecule has 3 rings (SSSR count). The molecule has 2 aromatic carbocycles. The summed E-state index contributed by atoms with van der Waals surface area (Å²) >= 11 is 0. The minimum atomic E-state index is -0.659. The third kappa shape index (κ3) is 8.14. The van der Waals surface area contributed by atoms with Gasteiger partial charge in [-0.15, -0.1) is 0 Å². The van der Waals surface area contributed by atoms with Crippen molar-refractivity contribution in [2.75, 3.05) is 6.54 Å². The van der Waals surface area contributed by atoms with Crippen molar-refractivity contribution in [3.8, 4) is 5.75 Å². The van der Waals surface area contributed by atoms with Crippen LogP contribution in [0.1, 0.15) is 38.3 Å².